The van der Waals surface area contributed by atoms with Crippen molar-refractivity contribution in [3.05, 3.63) is 29.8 Å². The Kier molecular flexibility index (Phi) is 7.51. The van der Waals surface area contributed by atoms with E-state index in [-0.39, 0.29) is 0 Å². The minimum absolute atomic E-state index is 0.730. The van der Waals surface area contributed by atoms with E-state index in [2.05, 4.69) is 37.4 Å². The summed E-state index contributed by atoms with van der Waals surface area (Å²) in [5.41, 5.74) is 1.38. The lowest BCUT2D eigenvalue weighted by Gasteiger charge is -2.17. The van der Waals surface area contributed by atoms with E-state index >= 15 is 0 Å². The first-order valence-electron chi connectivity index (χ1n) is 7.13. The normalized spacial score (nSPS) is 12.4. The highest BCUT2D eigenvalue weighted by atomic mass is 16.5. The third-order valence-corrected chi connectivity index (χ3v) is 3.22. The van der Waals surface area contributed by atoms with Crippen LogP contribution in [0.1, 0.15) is 38.7 Å². The highest BCUT2D eigenvalue weighted by Gasteiger charge is 2.09. The van der Waals surface area contributed by atoms with Gasteiger partial charge in [0.05, 0.1) is 7.11 Å². The summed E-state index contributed by atoms with van der Waals surface area (Å²) in [4.78, 5) is 0. The summed E-state index contributed by atoms with van der Waals surface area (Å²) < 4.78 is 5.28. The minimum atomic E-state index is 0.730. The number of ether oxygens (including phenoxy) is 1. The fourth-order valence-corrected chi connectivity index (χ4v) is 2.30. The van der Waals surface area contributed by atoms with Crippen LogP contribution in [-0.4, -0.2) is 20.2 Å². The van der Waals surface area contributed by atoms with Crippen LogP contribution in [0.15, 0.2) is 24.3 Å². The molecule has 102 valence electrons. The van der Waals surface area contributed by atoms with Crippen molar-refractivity contribution in [2.75, 3.05) is 20.2 Å². The van der Waals surface area contributed by atoms with Gasteiger partial charge in [-0.1, -0.05) is 32.4 Å². The van der Waals surface area contributed by atoms with Gasteiger partial charge in [-0.25, -0.2) is 0 Å². The summed E-state index contributed by atoms with van der Waals surface area (Å²) in [5, 5.41) is 3.54. The molecule has 0 aliphatic carbocycles. The molecule has 0 saturated carbocycles. The monoisotopic (exact) mass is 249 g/mol. The van der Waals surface area contributed by atoms with Crippen molar-refractivity contribution in [1.29, 1.82) is 0 Å². The molecule has 1 unspecified atom stereocenters. The second kappa shape index (κ2) is 8.98. The fraction of sp³-hybridized carbons (Fsp3) is 0.625. The van der Waals surface area contributed by atoms with Crippen LogP contribution in [0.3, 0.4) is 0 Å². The molecule has 0 radical (unpaired) electrons. The Morgan fingerprint density at radius 2 is 2.06 bits per heavy atom. The molecule has 1 rings (SSSR count). The van der Waals surface area contributed by atoms with Gasteiger partial charge in [0.2, 0.25) is 0 Å². The highest BCUT2D eigenvalue weighted by molar-refractivity contribution is 5.28. The number of hydrogen-bond donors (Lipinski definition) is 1. The van der Waals surface area contributed by atoms with Gasteiger partial charge in [0.1, 0.15) is 5.75 Å². The molecule has 1 N–H and O–H groups in total. The summed E-state index contributed by atoms with van der Waals surface area (Å²) in [6.45, 7) is 6.72. The van der Waals surface area contributed by atoms with Gasteiger partial charge in [-0.05, 0) is 56.0 Å². The molecule has 2 nitrogen and oxygen atoms in total. The average molecular weight is 249 g/mol. The zero-order valence-electron chi connectivity index (χ0n) is 12.0. The van der Waals surface area contributed by atoms with Crippen molar-refractivity contribution in [3.63, 3.8) is 0 Å². The first-order chi connectivity index (χ1) is 8.80. The molecule has 0 aromatic heterocycles. The molecule has 0 bridgehead atoms. The van der Waals surface area contributed by atoms with Crippen LogP contribution < -0.4 is 10.1 Å². The van der Waals surface area contributed by atoms with E-state index < -0.39 is 0 Å². The number of hydrogen-bond acceptors (Lipinski definition) is 2. The van der Waals surface area contributed by atoms with E-state index in [9.17, 15) is 0 Å². The van der Waals surface area contributed by atoms with E-state index in [1.807, 2.05) is 6.07 Å². The second-order valence-electron chi connectivity index (χ2n) is 4.91. The molecular weight excluding hydrogens is 222 g/mol. The molecule has 1 aromatic carbocycles. The van der Waals surface area contributed by atoms with Crippen molar-refractivity contribution < 1.29 is 4.74 Å². The lowest BCUT2D eigenvalue weighted by atomic mass is 9.95. The fourth-order valence-electron chi connectivity index (χ4n) is 2.30. The van der Waals surface area contributed by atoms with Gasteiger partial charge in [-0.2, -0.15) is 0 Å². The van der Waals surface area contributed by atoms with Gasteiger partial charge in [-0.15, -0.1) is 0 Å². The summed E-state index contributed by atoms with van der Waals surface area (Å²) in [5.74, 6) is 1.69. The predicted octanol–water partition coefficient (Wildman–Crippen LogP) is 3.65. The van der Waals surface area contributed by atoms with Crippen LogP contribution in [-0.2, 0) is 6.42 Å². The smallest absolute Gasteiger partial charge is 0.119 e. The molecule has 1 aromatic rings. The van der Waals surface area contributed by atoms with Gasteiger partial charge >= 0.3 is 0 Å². The number of methoxy groups -OCH3 is 1. The molecule has 0 saturated heterocycles. The van der Waals surface area contributed by atoms with E-state index in [4.69, 9.17) is 4.74 Å². The van der Waals surface area contributed by atoms with Crippen LogP contribution in [0.4, 0.5) is 0 Å². The van der Waals surface area contributed by atoms with E-state index in [0.29, 0.717) is 0 Å². The van der Waals surface area contributed by atoms with Gasteiger partial charge < -0.3 is 10.1 Å². The summed E-state index contributed by atoms with van der Waals surface area (Å²) >= 11 is 0. The second-order valence-corrected chi connectivity index (χ2v) is 4.91. The van der Waals surface area contributed by atoms with Crippen molar-refractivity contribution in [1.82, 2.24) is 5.32 Å². The molecule has 0 spiro atoms. The molecule has 1 atom stereocenters. The van der Waals surface area contributed by atoms with Crippen molar-refractivity contribution >= 4 is 0 Å². The zero-order valence-corrected chi connectivity index (χ0v) is 12.0. The van der Waals surface area contributed by atoms with Gasteiger partial charge in [0, 0.05) is 0 Å². The van der Waals surface area contributed by atoms with E-state index in [0.717, 1.165) is 31.2 Å². The van der Waals surface area contributed by atoms with Gasteiger partial charge in [0.15, 0.2) is 0 Å². The molecule has 0 aliphatic heterocycles. The predicted molar refractivity (Wildman–Crippen MR) is 78.3 cm³/mol. The molecule has 0 heterocycles. The van der Waals surface area contributed by atoms with Crippen molar-refractivity contribution in [3.8, 4) is 5.75 Å². The van der Waals surface area contributed by atoms with Crippen LogP contribution in [0.2, 0.25) is 0 Å². The zero-order chi connectivity index (χ0) is 13.2. The first kappa shape index (κ1) is 15.0. The lowest BCUT2D eigenvalue weighted by molar-refractivity contribution is 0.411. The first-order valence-corrected chi connectivity index (χ1v) is 7.13. The Bertz CT molecular complexity index is 325. The largest absolute Gasteiger partial charge is 0.497 e. The third-order valence-electron chi connectivity index (χ3n) is 3.22. The average Bonchev–Trinajstić information content (AvgIpc) is 2.39. The summed E-state index contributed by atoms with van der Waals surface area (Å²) in [7, 11) is 1.73. The maximum Gasteiger partial charge on any atom is 0.119 e. The minimum Gasteiger partial charge on any atom is -0.497 e. The van der Waals surface area contributed by atoms with Crippen LogP contribution in [0, 0.1) is 5.92 Å². The van der Waals surface area contributed by atoms with Crippen LogP contribution in [0.25, 0.3) is 0 Å². The standard InChI is InChI=1S/C16H27NO/c1-4-7-15(13-17-10-5-2)11-14-8-6-9-16(12-14)18-3/h6,8-9,12,15,17H,4-5,7,10-11,13H2,1-3H3. The van der Waals surface area contributed by atoms with Gasteiger partial charge in [-0.3, -0.25) is 0 Å². The third kappa shape index (κ3) is 5.54. The summed E-state index contributed by atoms with van der Waals surface area (Å²) in [6, 6.07) is 8.44. The van der Waals surface area contributed by atoms with Crippen LogP contribution >= 0.6 is 0 Å². The lowest BCUT2D eigenvalue weighted by Crippen LogP contribution is -2.25. The summed E-state index contributed by atoms with van der Waals surface area (Å²) in [6.07, 6.45) is 4.89. The maximum atomic E-state index is 5.28. The molecule has 0 fully saturated rings. The topological polar surface area (TPSA) is 21.3 Å². The SMILES string of the molecule is CCCNCC(CCC)Cc1cccc(OC)c1. The Morgan fingerprint density at radius 1 is 1.22 bits per heavy atom. The van der Waals surface area contributed by atoms with Crippen LogP contribution in [0.5, 0.6) is 5.75 Å². The Balaban J connectivity index is 2.52. The molecular formula is C16H27NO. The number of benzene rings is 1. The molecule has 2 heteroatoms. The number of rotatable bonds is 9. The highest BCUT2D eigenvalue weighted by Crippen LogP contribution is 2.18. The van der Waals surface area contributed by atoms with E-state index in [1.165, 1.54) is 24.8 Å². The molecule has 0 aliphatic rings. The van der Waals surface area contributed by atoms with Crippen molar-refractivity contribution in [2.24, 2.45) is 5.92 Å². The molecule has 0 amide bonds. The van der Waals surface area contributed by atoms with Gasteiger partial charge in [0.25, 0.3) is 0 Å². The van der Waals surface area contributed by atoms with E-state index in [1.54, 1.807) is 7.11 Å². The quantitative estimate of drug-likeness (QED) is 0.674. The maximum absolute atomic E-state index is 5.28. The number of nitrogens with one attached hydrogen (secondary N) is 1. The Morgan fingerprint density at radius 3 is 2.72 bits per heavy atom. The Hall–Kier alpha value is -1.02. The molecule has 18 heavy (non-hydrogen) atoms. The Labute approximate surface area is 112 Å². The van der Waals surface area contributed by atoms with Crippen molar-refractivity contribution in [2.45, 2.75) is 39.5 Å².